The summed E-state index contributed by atoms with van der Waals surface area (Å²) in [6, 6.07) is 6.69. The van der Waals surface area contributed by atoms with Gasteiger partial charge in [0.25, 0.3) is 0 Å². The Kier molecular flexibility index (Phi) is 4.28. The molecule has 1 aromatic rings. The lowest BCUT2D eigenvalue weighted by Gasteiger charge is -1.96. The summed E-state index contributed by atoms with van der Waals surface area (Å²) < 4.78 is 2.17. The monoisotopic (exact) mass is 201 g/mol. The first-order valence-corrected chi connectivity index (χ1v) is 3.26. The van der Waals surface area contributed by atoms with Crippen molar-refractivity contribution in [1.82, 2.24) is 0 Å². The molecule has 1 nitrogen and oxygen atoms in total. The van der Waals surface area contributed by atoms with Crippen LogP contribution in [0.15, 0.2) is 30.6 Å². The molecule has 0 aromatic carbocycles. The predicted octanol–water partition coefficient (Wildman–Crippen LogP) is -1.44. The summed E-state index contributed by atoms with van der Waals surface area (Å²) in [7, 11) is 0. The molecule has 0 N–H and O–H groups in total. The first-order chi connectivity index (χ1) is 4.30. The summed E-state index contributed by atoms with van der Waals surface area (Å²) in [5, 5.41) is 0. The Bertz CT molecular complexity index is 172. The molecule has 0 aliphatic heterocycles. The van der Waals surface area contributed by atoms with Crippen LogP contribution in [0.2, 0.25) is 0 Å². The van der Waals surface area contributed by atoms with Crippen molar-refractivity contribution in [3.63, 3.8) is 0 Å². The fourth-order valence-corrected chi connectivity index (χ4v) is 0.756. The fraction of sp³-hybridized carbons (Fsp3) is 0.375. The molecule has 1 aromatic heterocycles. The maximum Gasteiger partial charge on any atom is 0.169 e. The summed E-state index contributed by atoms with van der Waals surface area (Å²) >= 11 is 0. The highest BCUT2D eigenvalue weighted by atomic mass is 79.9. The Hall–Kier alpha value is -0.370. The van der Waals surface area contributed by atoms with Crippen molar-refractivity contribution in [2.45, 2.75) is 19.9 Å². The molecule has 56 valence electrons. The maximum absolute atomic E-state index is 2.17. The van der Waals surface area contributed by atoms with Gasteiger partial charge in [-0.1, -0.05) is 6.07 Å². The zero-order valence-corrected chi connectivity index (χ0v) is 7.88. The van der Waals surface area contributed by atoms with E-state index in [2.05, 4.69) is 30.8 Å². The van der Waals surface area contributed by atoms with Gasteiger partial charge >= 0.3 is 0 Å². The van der Waals surface area contributed by atoms with Crippen molar-refractivity contribution < 1.29 is 21.5 Å². The third kappa shape index (κ3) is 2.48. The Labute approximate surface area is 72.5 Å². The molecule has 0 saturated carbocycles. The SMILES string of the molecule is CC(C)[n+]1ccccc1.[Br-]. The van der Waals surface area contributed by atoms with Crippen molar-refractivity contribution in [3.05, 3.63) is 30.6 Å². The topological polar surface area (TPSA) is 3.88 Å². The standard InChI is InChI=1S/C8H12N.BrH/c1-8(2)9-6-4-3-5-7-9;/h3-8H,1-2H3;1H/q+1;/p-1. The Balaban J connectivity index is 0.000000810. The second kappa shape index (κ2) is 4.45. The minimum absolute atomic E-state index is 0. The average molecular weight is 202 g/mol. The minimum Gasteiger partial charge on any atom is -1.00 e. The number of nitrogens with zero attached hydrogens (tertiary/aromatic N) is 1. The molecule has 0 bridgehead atoms. The van der Waals surface area contributed by atoms with E-state index in [0.29, 0.717) is 6.04 Å². The summed E-state index contributed by atoms with van der Waals surface area (Å²) in [6.07, 6.45) is 4.15. The predicted molar refractivity (Wildman–Crippen MR) is 37.0 cm³/mol. The Morgan fingerprint density at radius 3 is 1.80 bits per heavy atom. The van der Waals surface area contributed by atoms with E-state index in [1.807, 2.05) is 18.2 Å². The van der Waals surface area contributed by atoms with Crippen LogP contribution in [0.3, 0.4) is 0 Å². The molecule has 0 amide bonds. The molecule has 0 aliphatic carbocycles. The van der Waals surface area contributed by atoms with E-state index in [0.717, 1.165) is 0 Å². The molecule has 0 unspecified atom stereocenters. The number of hydrogen-bond acceptors (Lipinski definition) is 0. The van der Waals surface area contributed by atoms with Gasteiger partial charge in [0.05, 0.1) is 0 Å². The number of hydrogen-bond donors (Lipinski definition) is 0. The highest BCUT2D eigenvalue weighted by molar-refractivity contribution is 4.83. The van der Waals surface area contributed by atoms with Gasteiger partial charge in [0.1, 0.15) is 0 Å². The van der Waals surface area contributed by atoms with E-state index in [4.69, 9.17) is 0 Å². The molecule has 0 spiro atoms. The molecule has 0 aliphatic rings. The molecule has 0 radical (unpaired) electrons. The van der Waals surface area contributed by atoms with Gasteiger partial charge in [-0.25, -0.2) is 4.57 Å². The summed E-state index contributed by atoms with van der Waals surface area (Å²) in [5.74, 6) is 0. The highest BCUT2D eigenvalue weighted by Gasteiger charge is 2.00. The fourth-order valence-electron chi connectivity index (χ4n) is 0.756. The first-order valence-electron chi connectivity index (χ1n) is 3.26. The van der Waals surface area contributed by atoms with Crippen LogP contribution in [0.4, 0.5) is 0 Å². The summed E-state index contributed by atoms with van der Waals surface area (Å²) in [6.45, 7) is 4.33. The number of pyridine rings is 1. The smallest absolute Gasteiger partial charge is 0.169 e. The highest BCUT2D eigenvalue weighted by Crippen LogP contribution is 1.88. The van der Waals surface area contributed by atoms with Crippen molar-refractivity contribution in [3.8, 4) is 0 Å². The van der Waals surface area contributed by atoms with Gasteiger partial charge in [0.15, 0.2) is 18.4 Å². The van der Waals surface area contributed by atoms with Crippen LogP contribution in [0, 0.1) is 0 Å². The van der Waals surface area contributed by atoms with Gasteiger partial charge < -0.3 is 17.0 Å². The summed E-state index contributed by atoms with van der Waals surface area (Å²) in [5.41, 5.74) is 0. The molecule has 1 rings (SSSR count). The van der Waals surface area contributed by atoms with E-state index in [1.54, 1.807) is 0 Å². The van der Waals surface area contributed by atoms with Gasteiger partial charge in [-0.15, -0.1) is 0 Å². The van der Waals surface area contributed by atoms with Gasteiger partial charge in [-0.2, -0.15) is 0 Å². The molecule has 2 heteroatoms. The lowest BCUT2D eigenvalue weighted by molar-refractivity contribution is -0.716. The van der Waals surface area contributed by atoms with Crippen LogP contribution < -0.4 is 21.5 Å². The van der Waals surface area contributed by atoms with Gasteiger partial charge in [-0.3, -0.25) is 0 Å². The van der Waals surface area contributed by atoms with E-state index in [-0.39, 0.29) is 17.0 Å². The number of halogens is 1. The van der Waals surface area contributed by atoms with Crippen molar-refractivity contribution in [2.24, 2.45) is 0 Å². The zero-order valence-electron chi connectivity index (χ0n) is 6.29. The molecule has 0 atom stereocenters. The van der Waals surface area contributed by atoms with Crippen LogP contribution in [0.1, 0.15) is 19.9 Å². The van der Waals surface area contributed by atoms with Crippen molar-refractivity contribution in [1.29, 1.82) is 0 Å². The van der Waals surface area contributed by atoms with E-state index < -0.39 is 0 Å². The third-order valence-corrected chi connectivity index (χ3v) is 1.33. The lowest BCUT2D eigenvalue weighted by Crippen LogP contribution is -3.00. The largest absolute Gasteiger partial charge is 1.00 e. The number of aromatic nitrogens is 1. The minimum atomic E-state index is 0. The molecule has 0 saturated heterocycles. The second-order valence-corrected chi connectivity index (χ2v) is 2.42. The van der Waals surface area contributed by atoms with Crippen LogP contribution >= 0.6 is 0 Å². The Morgan fingerprint density at radius 2 is 1.50 bits per heavy atom. The van der Waals surface area contributed by atoms with Crippen LogP contribution in [-0.2, 0) is 0 Å². The van der Waals surface area contributed by atoms with E-state index in [1.165, 1.54) is 0 Å². The van der Waals surface area contributed by atoms with Crippen molar-refractivity contribution >= 4 is 0 Å². The lowest BCUT2D eigenvalue weighted by atomic mass is 10.3. The van der Waals surface area contributed by atoms with Gasteiger partial charge in [0, 0.05) is 12.1 Å². The quantitative estimate of drug-likeness (QED) is 0.491. The Morgan fingerprint density at radius 1 is 1.00 bits per heavy atom. The van der Waals surface area contributed by atoms with Crippen LogP contribution in [0.25, 0.3) is 0 Å². The van der Waals surface area contributed by atoms with Crippen molar-refractivity contribution in [2.75, 3.05) is 0 Å². The molecular formula is C8H12BrN. The first kappa shape index (κ1) is 9.63. The third-order valence-electron chi connectivity index (χ3n) is 1.33. The normalized spacial score (nSPS) is 9.10. The van der Waals surface area contributed by atoms with Crippen LogP contribution in [0.5, 0.6) is 0 Å². The van der Waals surface area contributed by atoms with Gasteiger partial charge in [-0.05, 0) is 13.8 Å². The molecule has 1 heterocycles. The zero-order chi connectivity index (χ0) is 6.69. The average Bonchev–Trinajstić information content (AvgIpc) is 1.90. The molecule has 10 heavy (non-hydrogen) atoms. The van der Waals surface area contributed by atoms with Crippen LogP contribution in [-0.4, -0.2) is 0 Å². The van der Waals surface area contributed by atoms with E-state index in [9.17, 15) is 0 Å². The summed E-state index contributed by atoms with van der Waals surface area (Å²) in [4.78, 5) is 0. The second-order valence-electron chi connectivity index (χ2n) is 2.42. The maximum atomic E-state index is 2.17. The molecular weight excluding hydrogens is 190 g/mol. The number of rotatable bonds is 1. The molecule has 0 fully saturated rings. The van der Waals surface area contributed by atoms with E-state index >= 15 is 0 Å². The van der Waals surface area contributed by atoms with Gasteiger partial charge in [0.2, 0.25) is 0 Å².